The molecule has 1 aromatic carbocycles. The van der Waals surface area contributed by atoms with E-state index in [1.807, 2.05) is 18.2 Å². The minimum absolute atomic E-state index is 0.0923. The summed E-state index contributed by atoms with van der Waals surface area (Å²) in [5.41, 5.74) is 7.43. The zero-order chi connectivity index (χ0) is 11.3. The summed E-state index contributed by atoms with van der Waals surface area (Å²) in [7, 11) is 1.38. The molecule has 0 fully saturated rings. The van der Waals surface area contributed by atoms with Gasteiger partial charge < -0.3 is 10.5 Å². The predicted molar refractivity (Wildman–Crippen MR) is 59.6 cm³/mol. The summed E-state index contributed by atoms with van der Waals surface area (Å²) in [5, 5.41) is 0. The number of esters is 1. The Morgan fingerprint density at radius 3 is 2.73 bits per heavy atom. The van der Waals surface area contributed by atoms with Crippen molar-refractivity contribution < 1.29 is 9.53 Å². The molecule has 2 N–H and O–H groups in total. The molecular weight excluding hydrogens is 190 g/mol. The van der Waals surface area contributed by atoms with E-state index in [1.165, 1.54) is 7.11 Å². The van der Waals surface area contributed by atoms with Crippen LogP contribution in [-0.4, -0.2) is 13.1 Å². The summed E-state index contributed by atoms with van der Waals surface area (Å²) in [4.78, 5) is 11.5. The molecule has 82 valence electrons. The van der Waals surface area contributed by atoms with Crippen LogP contribution >= 0.6 is 0 Å². The molecule has 0 unspecified atom stereocenters. The van der Waals surface area contributed by atoms with Gasteiger partial charge in [-0.25, -0.2) is 4.79 Å². The van der Waals surface area contributed by atoms with Crippen LogP contribution in [-0.2, 0) is 4.74 Å². The Labute approximate surface area is 90.2 Å². The number of methoxy groups -OCH3 is 1. The zero-order valence-corrected chi connectivity index (χ0v) is 9.19. The highest BCUT2D eigenvalue weighted by Gasteiger charge is 2.15. The van der Waals surface area contributed by atoms with Crippen molar-refractivity contribution in [1.82, 2.24) is 0 Å². The monoisotopic (exact) mass is 207 g/mol. The highest BCUT2D eigenvalue weighted by atomic mass is 16.5. The number of benzene rings is 1. The molecule has 0 aromatic heterocycles. The van der Waals surface area contributed by atoms with Gasteiger partial charge >= 0.3 is 5.97 Å². The average molecular weight is 207 g/mol. The minimum atomic E-state index is -0.322. The first-order valence-corrected chi connectivity index (χ1v) is 5.13. The molecule has 0 bridgehead atoms. The smallest absolute Gasteiger partial charge is 0.338 e. The van der Waals surface area contributed by atoms with Crippen molar-refractivity contribution in [3.63, 3.8) is 0 Å². The third-order valence-electron chi connectivity index (χ3n) is 2.37. The first-order valence-electron chi connectivity index (χ1n) is 5.13. The van der Waals surface area contributed by atoms with Gasteiger partial charge in [-0.1, -0.05) is 31.5 Å². The first kappa shape index (κ1) is 11.7. The van der Waals surface area contributed by atoms with E-state index in [9.17, 15) is 4.79 Å². The van der Waals surface area contributed by atoms with Gasteiger partial charge in [-0.2, -0.15) is 0 Å². The van der Waals surface area contributed by atoms with Gasteiger partial charge in [-0.3, -0.25) is 0 Å². The number of carbonyl (C=O) groups is 1. The lowest BCUT2D eigenvalue weighted by atomic mass is 9.98. The Kier molecular flexibility index (Phi) is 4.31. The lowest BCUT2D eigenvalue weighted by molar-refractivity contribution is 0.0599. The molecular formula is C12H17NO2. The lowest BCUT2D eigenvalue weighted by Crippen LogP contribution is -2.15. The number of nitrogens with two attached hydrogens (primary N) is 1. The van der Waals surface area contributed by atoms with Crippen LogP contribution in [0.3, 0.4) is 0 Å². The third-order valence-corrected chi connectivity index (χ3v) is 2.37. The number of ether oxygens (including phenoxy) is 1. The molecule has 0 saturated heterocycles. The van der Waals surface area contributed by atoms with Gasteiger partial charge in [-0.05, 0) is 18.1 Å². The van der Waals surface area contributed by atoms with E-state index in [0.717, 1.165) is 18.4 Å². The number of carbonyl (C=O) groups excluding carboxylic acids is 1. The second kappa shape index (κ2) is 5.51. The van der Waals surface area contributed by atoms with E-state index in [0.29, 0.717) is 5.56 Å². The fourth-order valence-corrected chi connectivity index (χ4v) is 1.58. The van der Waals surface area contributed by atoms with Crippen molar-refractivity contribution in [2.45, 2.75) is 25.8 Å². The van der Waals surface area contributed by atoms with Crippen LogP contribution in [0.15, 0.2) is 24.3 Å². The van der Waals surface area contributed by atoms with Crippen molar-refractivity contribution in [3.8, 4) is 0 Å². The standard InChI is InChI=1S/C12H17NO2/c1-3-6-11(13)9-7-4-5-8-10(9)12(14)15-2/h4-5,7-8,11H,3,6,13H2,1-2H3/t11-/m1/s1. The van der Waals surface area contributed by atoms with Crippen LogP contribution in [0.2, 0.25) is 0 Å². The van der Waals surface area contributed by atoms with Gasteiger partial charge in [0.05, 0.1) is 12.7 Å². The summed E-state index contributed by atoms with van der Waals surface area (Å²) in [5.74, 6) is -0.322. The van der Waals surface area contributed by atoms with Crippen molar-refractivity contribution in [1.29, 1.82) is 0 Å². The van der Waals surface area contributed by atoms with Gasteiger partial charge in [0, 0.05) is 6.04 Å². The van der Waals surface area contributed by atoms with Gasteiger partial charge in [0.2, 0.25) is 0 Å². The molecule has 3 nitrogen and oxygen atoms in total. The van der Waals surface area contributed by atoms with E-state index in [2.05, 4.69) is 6.92 Å². The molecule has 1 rings (SSSR count). The molecule has 0 aliphatic carbocycles. The highest BCUT2D eigenvalue weighted by molar-refractivity contribution is 5.91. The van der Waals surface area contributed by atoms with Gasteiger partial charge in [0.25, 0.3) is 0 Å². The molecule has 0 saturated carbocycles. The molecule has 0 radical (unpaired) electrons. The first-order chi connectivity index (χ1) is 7.20. The van der Waals surface area contributed by atoms with E-state index >= 15 is 0 Å². The van der Waals surface area contributed by atoms with Crippen molar-refractivity contribution >= 4 is 5.97 Å². The Bertz CT molecular complexity index is 336. The predicted octanol–water partition coefficient (Wildman–Crippen LogP) is 2.27. The Balaban J connectivity index is 3.00. The maximum Gasteiger partial charge on any atom is 0.338 e. The summed E-state index contributed by atoms with van der Waals surface area (Å²) in [6.45, 7) is 2.07. The van der Waals surface area contributed by atoms with Crippen LogP contribution in [0.5, 0.6) is 0 Å². The molecule has 0 aliphatic rings. The molecule has 1 atom stereocenters. The van der Waals surface area contributed by atoms with Gasteiger partial charge in [0.1, 0.15) is 0 Å². The Morgan fingerprint density at radius 1 is 1.47 bits per heavy atom. The second-order valence-electron chi connectivity index (χ2n) is 3.47. The number of hydrogen-bond donors (Lipinski definition) is 1. The molecule has 0 amide bonds. The van der Waals surface area contributed by atoms with Gasteiger partial charge in [0.15, 0.2) is 0 Å². The maximum absolute atomic E-state index is 11.5. The maximum atomic E-state index is 11.5. The lowest BCUT2D eigenvalue weighted by Gasteiger charge is -2.14. The topological polar surface area (TPSA) is 52.3 Å². The second-order valence-corrected chi connectivity index (χ2v) is 3.47. The fraction of sp³-hybridized carbons (Fsp3) is 0.417. The minimum Gasteiger partial charge on any atom is -0.465 e. The Morgan fingerprint density at radius 2 is 2.13 bits per heavy atom. The largest absolute Gasteiger partial charge is 0.465 e. The number of rotatable bonds is 4. The molecule has 1 aromatic rings. The van der Waals surface area contributed by atoms with Crippen molar-refractivity contribution in [2.75, 3.05) is 7.11 Å². The van der Waals surface area contributed by atoms with E-state index in [4.69, 9.17) is 10.5 Å². The zero-order valence-electron chi connectivity index (χ0n) is 9.19. The van der Waals surface area contributed by atoms with E-state index in [1.54, 1.807) is 6.07 Å². The third kappa shape index (κ3) is 2.80. The molecule has 3 heteroatoms. The van der Waals surface area contributed by atoms with Crippen LogP contribution in [0, 0.1) is 0 Å². The molecule has 0 heterocycles. The summed E-state index contributed by atoms with van der Waals surface area (Å²) in [6, 6.07) is 7.24. The van der Waals surface area contributed by atoms with Crippen molar-refractivity contribution in [3.05, 3.63) is 35.4 Å². The summed E-state index contributed by atoms with van der Waals surface area (Å²) >= 11 is 0. The van der Waals surface area contributed by atoms with Crippen LogP contribution in [0.4, 0.5) is 0 Å². The molecule has 15 heavy (non-hydrogen) atoms. The summed E-state index contributed by atoms with van der Waals surface area (Å²) < 4.78 is 4.71. The molecule has 0 spiro atoms. The normalized spacial score (nSPS) is 12.2. The SMILES string of the molecule is CCC[C@@H](N)c1ccccc1C(=O)OC. The van der Waals surface area contributed by atoms with Crippen LogP contribution in [0.1, 0.15) is 41.7 Å². The van der Waals surface area contributed by atoms with Crippen LogP contribution < -0.4 is 5.73 Å². The fourth-order valence-electron chi connectivity index (χ4n) is 1.58. The highest BCUT2D eigenvalue weighted by Crippen LogP contribution is 2.20. The quantitative estimate of drug-likeness (QED) is 0.770. The average Bonchev–Trinajstić information content (AvgIpc) is 2.28. The molecule has 0 aliphatic heterocycles. The van der Waals surface area contributed by atoms with Crippen molar-refractivity contribution in [2.24, 2.45) is 5.73 Å². The summed E-state index contributed by atoms with van der Waals surface area (Å²) in [6.07, 6.45) is 1.87. The Hall–Kier alpha value is -1.35. The van der Waals surface area contributed by atoms with Gasteiger partial charge in [-0.15, -0.1) is 0 Å². The van der Waals surface area contributed by atoms with E-state index in [-0.39, 0.29) is 12.0 Å². The van der Waals surface area contributed by atoms with E-state index < -0.39 is 0 Å². The van der Waals surface area contributed by atoms with Crippen LogP contribution in [0.25, 0.3) is 0 Å². The number of hydrogen-bond acceptors (Lipinski definition) is 3.